The van der Waals surface area contributed by atoms with Gasteiger partial charge in [-0.3, -0.25) is 9.78 Å². The third-order valence-electron chi connectivity index (χ3n) is 5.80. The molecule has 1 amide bonds. The second kappa shape index (κ2) is 9.75. The van der Waals surface area contributed by atoms with Gasteiger partial charge in [0.15, 0.2) is 0 Å². The Morgan fingerprint density at radius 3 is 2.61 bits per heavy atom. The van der Waals surface area contributed by atoms with Gasteiger partial charge in [0.25, 0.3) is 5.91 Å². The summed E-state index contributed by atoms with van der Waals surface area (Å²) < 4.78 is 5.97. The Kier molecular flexibility index (Phi) is 6.63. The lowest BCUT2D eigenvalue weighted by Gasteiger charge is -2.29. The number of nitrogens with zero attached hydrogens (tertiary/aromatic N) is 2. The maximum Gasteiger partial charge on any atom is 0.255 e. The van der Waals surface area contributed by atoms with E-state index in [1.165, 1.54) is 19.4 Å². The van der Waals surface area contributed by atoms with Gasteiger partial charge >= 0.3 is 0 Å². The van der Waals surface area contributed by atoms with Crippen molar-refractivity contribution in [3.05, 3.63) is 78.1 Å². The Morgan fingerprint density at radius 1 is 1.13 bits per heavy atom. The van der Waals surface area contributed by atoms with E-state index in [1.807, 2.05) is 61.5 Å². The molecule has 1 aliphatic rings. The average molecular weight is 416 g/mol. The lowest BCUT2D eigenvalue weighted by molar-refractivity contribution is 0.102. The van der Waals surface area contributed by atoms with Crippen molar-refractivity contribution in [3.63, 3.8) is 0 Å². The van der Waals surface area contributed by atoms with Gasteiger partial charge in [-0.1, -0.05) is 6.07 Å². The van der Waals surface area contributed by atoms with Crippen LogP contribution in [0.5, 0.6) is 5.75 Å². The van der Waals surface area contributed by atoms with Crippen LogP contribution < -0.4 is 10.1 Å². The molecule has 5 nitrogen and oxygen atoms in total. The molecule has 0 bridgehead atoms. The van der Waals surface area contributed by atoms with E-state index in [0.29, 0.717) is 11.5 Å². The number of amides is 1. The number of hydrogen-bond donors (Lipinski definition) is 1. The zero-order valence-electron chi connectivity index (χ0n) is 18.2. The molecule has 160 valence electrons. The van der Waals surface area contributed by atoms with Crippen LogP contribution in [0.25, 0.3) is 11.1 Å². The zero-order valence-corrected chi connectivity index (χ0v) is 18.2. The van der Waals surface area contributed by atoms with Crippen molar-refractivity contribution in [1.82, 2.24) is 9.88 Å². The molecule has 2 aromatic carbocycles. The van der Waals surface area contributed by atoms with Crippen molar-refractivity contribution >= 4 is 11.6 Å². The fourth-order valence-corrected chi connectivity index (χ4v) is 4.12. The number of ether oxygens (including phenoxy) is 1. The molecular formula is C26H29N3O2. The van der Waals surface area contributed by atoms with E-state index in [0.717, 1.165) is 41.3 Å². The van der Waals surface area contributed by atoms with E-state index in [2.05, 4.69) is 22.2 Å². The lowest BCUT2D eigenvalue weighted by atomic mass is 9.99. The highest BCUT2D eigenvalue weighted by Crippen LogP contribution is 2.24. The highest BCUT2D eigenvalue weighted by atomic mass is 16.5. The summed E-state index contributed by atoms with van der Waals surface area (Å²) in [6, 6.07) is 17.3. The van der Waals surface area contributed by atoms with Gasteiger partial charge in [0, 0.05) is 36.1 Å². The second-order valence-electron chi connectivity index (χ2n) is 8.33. The van der Waals surface area contributed by atoms with Gasteiger partial charge < -0.3 is 15.0 Å². The van der Waals surface area contributed by atoms with Crippen LogP contribution in [-0.2, 0) is 0 Å². The average Bonchev–Trinajstić information content (AvgIpc) is 2.79. The smallest absolute Gasteiger partial charge is 0.255 e. The first-order valence-electron chi connectivity index (χ1n) is 10.8. The fraction of sp³-hybridized carbons (Fsp3) is 0.308. The summed E-state index contributed by atoms with van der Waals surface area (Å²) in [6.07, 6.45) is 6.00. The fourth-order valence-electron chi connectivity index (χ4n) is 4.12. The minimum absolute atomic E-state index is 0.122. The number of aromatic nitrogens is 1. The molecule has 3 aromatic rings. The van der Waals surface area contributed by atoms with E-state index in [9.17, 15) is 4.79 Å². The van der Waals surface area contributed by atoms with Crippen molar-refractivity contribution in [1.29, 1.82) is 0 Å². The Hall–Kier alpha value is -3.18. The largest absolute Gasteiger partial charge is 0.493 e. The molecule has 1 atom stereocenters. The third kappa shape index (κ3) is 5.50. The molecule has 5 heteroatoms. The van der Waals surface area contributed by atoms with E-state index in [1.54, 1.807) is 12.4 Å². The molecule has 1 saturated heterocycles. The van der Waals surface area contributed by atoms with Gasteiger partial charge in [-0.25, -0.2) is 0 Å². The second-order valence-corrected chi connectivity index (χ2v) is 8.33. The number of pyridine rings is 1. The Balaban J connectivity index is 1.34. The van der Waals surface area contributed by atoms with Gasteiger partial charge in [0.1, 0.15) is 5.75 Å². The molecule has 1 N–H and O–H groups in total. The molecule has 0 spiro atoms. The summed E-state index contributed by atoms with van der Waals surface area (Å²) in [7, 11) is 2.16. The van der Waals surface area contributed by atoms with Gasteiger partial charge in [0.2, 0.25) is 0 Å². The molecule has 1 fully saturated rings. The summed E-state index contributed by atoms with van der Waals surface area (Å²) in [5, 5.41) is 2.97. The molecule has 31 heavy (non-hydrogen) atoms. The number of benzene rings is 2. The minimum atomic E-state index is -0.122. The summed E-state index contributed by atoms with van der Waals surface area (Å²) >= 11 is 0. The normalized spacial score (nSPS) is 16.6. The van der Waals surface area contributed by atoms with Gasteiger partial charge in [0.05, 0.1) is 6.61 Å². The van der Waals surface area contributed by atoms with E-state index >= 15 is 0 Å². The third-order valence-corrected chi connectivity index (χ3v) is 5.80. The molecular weight excluding hydrogens is 386 g/mol. The predicted molar refractivity (Wildman–Crippen MR) is 125 cm³/mol. The molecule has 0 saturated carbocycles. The van der Waals surface area contributed by atoms with Crippen LogP contribution in [0.4, 0.5) is 5.69 Å². The summed E-state index contributed by atoms with van der Waals surface area (Å²) in [6.45, 7) is 5.02. The van der Waals surface area contributed by atoms with Gasteiger partial charge in [-0.15, -0.1) is 0 Å². The maximum absolute atomic E-state index is 12.7. The van der Waals surface area contributed by atoms with Crippen LogP contribution in [0.1, 0.15) is 28.8 Å². The quantitative estimate of drug-likeness (QED) is 0.613. The van der Waals surface area contributed by atoms with Crippen molar-refractivity contribution < 1.29 is 9.53 Å². The molecule has 1 aromatic heterocycles. The number of rotatable bonds is 6. The molecule has 0 radical (unpaired) electrons. The van der Waals surface area contributed by atoms with Crippen LogP contribution in [0.2, 0.25) is 0 Å². The number of piperidine rings is 1. The van der Waals surface area contributed by atoms with Gasteiger partial charge in [-0.2, -0.15) is 0 Å². The maximum atomic E-state index is 12.7. The Labute approximate surface area is 184 Å². The molecule has 4 rings (SSSR count). The predicted octanol–water partition coefficient (Wildman–Crippen LogP) is 5.03. The SMILES string of the molecule is Cc1cc(C(=O)Nc2ccc(OCC3CCCN(C)C3)cc2)ccc1-c1ccncc1. The topological polar surface area (TPSA) is 54.5 Å². The molecule has 1 unspecified atom stereocenters. The van der Waals surface area contributed by atoms with Crippen LogP contribution >= 0.6 is 0 Å². The standard InChI is InChI=1S/C26H29N3O2/c1-19-16-22(5-10-25(19)21-11-13-27-14-12-21)26(30)28-23-6-8-24(9-7-23)31-18-20-4-3-15-29(2)17-20/h5-14,16,20H,3-4,15,17-18H2,1-2H3,(H,28,30). The van der Waals surface area contributed by atoms with Crippen LogP contribution in [0, 0.1) is 12.8 Å². The summed E-state index contributed by atoms with van der Waals surface area (Å²) in [4.78, 5) is 19.1. The first-order chi connectivity index (χ1) is 15.1. The molecule has 2 heterocycles. The number of aryl methyl sites for hydroxylation is 1. The monoisotopic (exact) mass is 415 g/mol. The molecule has 0 aliphatic carbocycles. The molecule has 1 aliphatic heterocycles. The lowest BCUT2D eigenvalue weighted by Crippen LogP contribution is -2.34. The summed E-state index contributed by atoms with van der Waals surface area (Å²) in [5.74, 6) is 1.29. The van der Waals surface area contributed by atoms with E-state index in [4.69, 9.17) is 4.74 Å². The van der Waals surface area contributed by atoms with Crippen molar-refractivity contribution in [2.45, 2.75) is 19.8 Å². The number of carbonyl (C=O) groups is 1. The van der Waals surface area contributed by atoms with Crippen molar-refractivity contribution in [2.75, 3.05) is 32.1 Å². The first-order valence-corrected chi connectivity index (χ1v) is 10.8. The zero-order chi connectivity index (χ0) is 21.6. The Bertz CT molecular complexity index is 1020. The Morgan fingerprint density at radius 2 is 1.90 bits per heavy atom. The number of nitrogens with one attached hydrogen (secondary N) is 1. The number of likely N-dealkylation sites (tertiary alicyclic amines) is 1. The van der Waals surface area contributed by atoms with Gasteiger partial charge in [-0.05, 0) is 98.6 Å². The van der Waals surface area contributed by atoms with Crippen LogP contribution in [-0.4, -0.2) is 42.5 Å². The number of carbonyl (C=O) groups excluding carboxylic acids is 1. The minimum Gasteiger partial charge on any atom is -0.493 e. The number of hydrogen-bond acceptors (Lipinski definition) is 4. The first kappa shape index (κ1) is 21.1. The van der Waals surface area contributed by atoms with Crippen molar-refractivity contribution in [2.24, 2.45) is 5.92 Å². The highest BCUT2D eigenvalue weighted by Gasteiger charge is 2.17. The highest BCUT2D eigenvalue weighted by molar-refractivity contribution is 6.04. The number of anilines is 1. The van der Waals surface area contributed by atoms with Crippen LogP contribution in [0.3, 0.4) is 0 Å². The van der Waals surface area contributed by atoms with Crippen LogP contribution in [0.15, 0.2) is 67.0 Å². The van der Waals surface area contributed by atoms with E-state index in [-0.39, 0.29) is 5.91 Å². The van der Waals surface area contributed by atoms with Crippen molar-refractivity contribution in [3.8, 4) is 16.9 Å². The van der Waals surface area contributed by atoms with E-state index < -0.39 is 0 Å². The summed E-state index contributed by atoms with van der Waals surface area (Å²) in [5.41, 5.74) is 4.64.